The van der Waals surface area contributed by atoms with Crippen LogP contribution in [0, 0.1) is 0 Å². The predicted molar refractivity (Wildman–Crippen MR) is 122 cm³/mol. The molecule has 0 aliphatic carbocycles. The van der Waals surface area contributed by atoms with Crippen molar-refractivity contribution in [2.75, 3.05) is 0 Å². The number of phenols is 1. The van der Waals surface area contributed by atoms with Crippen molar-refractivity contribution < 1.29 is 5.11 Å². The largest absolute Gasteiger partial charge is 0.508 e. The summed E-state index contributed by atoms with van der Waals surface area (Å²) in [5.74, 6) is 0.377. The van der Waals surface area contributed by atoms with E-state index in [-0.39, 0.29) is 0 Å². The highest BCUT2D eigenvalue weighted by molar-refractivity contribution is 6.01. The third kappa shape index (κ3) is 3.48. The molecule has 0 spiro atoms. The lowest BCUT2D eigenvalue weighted by molar-refractivity contribution is 0.469. The lowest BCUT2D eigenvalue weighted by Gasteiger charge is -2.17. The minimum Gasteiger partial charge on any atom is -0.508 e. The van der Waals surface area contributed by atoms with Gasteiger partial charge in [-0.1, -0.05) is 84.9 Å². The number of aromatic hydroxyl groups is 1. The SMILES string of the molecule is Oc1cc2cc3ccccc3cc2c(Cc2ccccc2)c1Cc1ccccc1. The quantitative estimate of drug-likeness (QED) is 0.340. The molecule has 5 aromatic rings. The Morgan fingerprint density at radius 2 is 1.00 bits per heavy atom. The second-order valence-electron chi connectivity index (χ2n) is 7.60. The molecule has 5 rings (SSSR count). The maximum Gasteiger partial charge on any atom is 0.120 e. The highest BCUT2D eigenvalue weighted by Gasteiger charge is 2.15. The van der Waals surface area contributed by atoms with Crippen LogP contribution < -0.4 is 0 Å². The van der Waals surface area contributed by atoms with Crippen molar-refractivity contribution in [3.63, 3.8) is 0 Å². The van der Waals surface area contributed by atoms with Crippen LogP contribution in [0.5, 0.6) is 5.75 Å². The van der Waals surface area contributed by atoms with E-state index in [9.17, 15) is 5.11 Å². The zero-order valence-electron chi connectivity index (χ0n) is 16.2. The van der Waals surface area contributed by atoms with Crippen LogP contribution in [0.1, 0.15) is 22.3 Å². The van der Waals surface area contributed by atoms with Crippen LogP contribution >= 0.6 is 0 Å². The van der Waals surface area contributed by atoms with Crippen molar-refractivity contribution in [2.45, 2.75) is 12.8 Å². The summed E-state index contributed by atoms with van der Waals surface area (Å²) in [5.41, 5.74) is 4.68. The van der Waals surface area contributed by atoms with Gasteiger partial charge in [-0.2, -0.15) is 0 Å². The Hall–Kier alpha value is -3.58. The van der Waals surface area contributed by atoms with Gasteiger partial charge >= 0.3 is 0 Å². The van der Waals surface area contributed by atoms with Gasteiger partial charge in [0.05, 0.1) is 0 Å². The number of fused-ring (bicyclic) bond motifs is 2. The molecule has 1 nitrogen and oxygen atoms in total. The molecule has 5 aromatic carbocycles. The third-order valence-corrected chi connectivity index (χ3v) is 5.66. The van der Waals surface area contributed by atoms with Crippen LogP contribution in [0.2, 0.25) is 0 Å². The topological polar surface area (TPSA) is 20.2 Å². The Morgan fingerprint density at radius 3 is 1.62 bits per heavy atom. The molecule has 0 aliphatic rings. The van der Waals surface area contributed by atoms with E-state index in [1.165, 1.54) is 32.8 Å². The van der Waals surface area contributed by atoms with Gasteiger partial charge < -0.3 is 5.11 Å². The van der Waals surface area contributed by atoms with Gasteiger partial charge in [-0.25, -0.2) is 0 Å². The number of hydrogen-bond donors (Lipinski definition) is 1. The molecule has 0 bridgehead atoms. The zero-order valence-corrected chi connectivity index (χ0v) is 16.2. The smallest absolute Gasteiger partial charge is 0.120 e. The van der Waals surface area contributed by atoms with E-state index < -0.39 is 0 Å². The van der Waals surface area contributed by atoms with Crippen LogP contribution in [0.3, 0.4) is 0 Å². The summed E-state index contributed by atoms with van der Waals surface area (Å²) < 4.78 is 0. The van der Waals surface area contributed by atoms with Crippen molar-refractivity contribution in [1.29, 1.82) is 0 Å². The molecule has 0 unspecified atom stereocenters. The summed E-state index contributed by atoms with van der Waals surface area (Å²) >= 11 is 0. The minimum absolute atomic E-state index is 0.377. The maximum atomic E-state index is 11.0. The molecule has 1 heteroatoms. The Balaban J connectivity index is 1.75. The van der Waals surface area contributed by atoms with Crippen molar-refractivity contribution >= 4 is 21.5 Å². The third-order valence-electron chi connectivity index (χ3n) is 5.66. The first-order valence-corrected chi connectivity index (χ1v) is 10.0. The fraction of sp³-hybridized carbons (Fsp3) is 0.0714. The van der Waals surface area contributed by atoms with Crippen LogP contribution in [-0.2, 0) is 12.8 Å². The van der Waals surface area contributed by atoms with Crippen molar-refractivity contribution in [3.8, 4) is 5.75 Å². The summed E-state index contributed by atoms with van der Waals surface area (Å²) in [6, 6.07) is 35.7. The Labute approximate surface area is 170 Å². The summed E-state index contributed by atoms with van der Waals surface area (Å²) in [7, 11) is 0. The highest BCUT2D eigenvalue weighted by Crippen LogP contribution is 2.36. The first-order valence-electron chi connectivity index (χ1n) is 10.0. The monoisotopic (exact) mass is 374 g/mol. The zero-order chi connectivity index (χ0) is 19.6. The van der Waals surface area contributed by atoms with Gasteiger partial charge in [-0.15, -0.1) is 0 Å². The van der Waals surface area contributed by atoms with Crippen LogP contribution in [-0.4, -0.2) is 5.11 Å². The normalized spacial score (nSPS) is 11.2. The molecule has 0 amide bonds. The number of rotatable bonds is 4. The molecule has 0 aromatic heterocycles. The molecule has 0 atom stereocenters. The van der Waals surface area contributed by atoms with Gasteiger partial charge in [0, 0.05) is 12.0 Å². The number of benzene rings is 5. The van der Waals surface area contributed by atoms with E-state index >= 15 is 0 Å². The van der Waals surface area contributed by atoms with Crippen LogP contribution in [0.15, 0.2) is 103 Å². The summed E-state index contributed by atoms with van der Waals surface area (Å²) in [6.07, 6.45) is 1.52. The molecule has 0 saturated carbocycles. The second-order valence-corrected chi connectivity index (χ2v) is 7.60. The van der Waals surface area contributed by atoms with Gasteiger partial charge in [0.1, 0.15) is 5.75 Å². The lowest BCUT2D eigenvalue weighted by atomic mass is 9.88. The molecule has 0 fully saturated rings. The van der Waals surface area contributed by atoms with Crippen LogP contribution in [0.4, 0.5) is 0 Å². The van der Waals surface area contributed by atoms with E-state index in [0.717, 1.165) is 23.8 Å². The summed E-state index contributed by atoms with van der Waals surface area (Å²) in [5, 5.41) is 15.7. The highest BCUT2D eigenvalue weighted by atomic mass is 16.3. The fourth-order valence-electron chi connectivity index (χ4n) is 4.19. The molecule has 0 radical (unpaired) electrons. The molecule has 0 aliphatic heterocycles. The van der Waals surface area contributed by atoms with E-state index in [4.69, 9.17) is 0 Å². The molecular formula is C28H22O. The average Bonchev–Trinajstić information content (AvgIpc) is 2.76. The first kappa shape index (κ1) is 17.5. The summed E-state index contributed by atoms with van der Waals surface area (Å²) in [4.78, 5) is 0. The molecule has 140 valence electrons. The van der Waals surface area contributed by atoms with Crippen molar-refractivity contribution in [3.05, 3.63) is 125 Å². The maximum absolute atomic E-state index is 11.0. The fourth-order valence-corrected chi connectivity index (χ4v) is 4.19. The Morgan fingerprint density at radius 1 is 0.483 bits per heavy atom. The van der Waals surface area contributed by atoms with Gasteiger partial charge in [0.25, 0.3) is 0 Å². The average molecular weight is 374 g/mol. The molecule has 0 heterocycles. The number of phenolic OH excluding ortho intramolecular Hbond substituents is 1. The molecule has 29 heavy (non-hydrogen) atoms. The lowest BCUT2D eigenvalue weighted by Crippen LogP contribution is -2.00. The molecule has 0 saturated heterocycles. The van der Waals surface area contributed by atoms with Crippen LogP contribution in [0.25, 0.3) is 21.5 Å². The summed E-state index contributed by atoms with van der Waals surface area (Å²) in [6.45, 7) is 0. The van der Waals surface area contributed by atoms with Gasteiger partial charge in [-0.05, 0) is 62.9 Å². The number of hydrogen-bond acceptors (Lipinski definition) is 1. The van der Waals surface area contributed by atoms with E-state index in [1.807, 2.05) is 18.2 Å². The van der Waals surface area contributed by atoms with Crippen molar-refractivity contribution in [1.82, 2.24) is 0 Å². The van der Waals surface area contributed by atoms with Gasteiger partial charge in [0.2, 0.25) is 0 Å². The Kier molecular flexibility index (Phi) is 4.50. The van der Waals surface area contributed by atoms with E-state index in [2.05, 4.69) is 84.9 Å². The molecule has 1 N–H and O–H groups in total. The van der Waals surface area contributed by atoms with E-state index in [1.54, 1.807) is 0 Å². The van der Waals surface area contributed by atoms with Gasteiger partial charge in [0.15, 0.2) is 0 Å². The molecular weight excluding hydrogens is 352 g/mol. The first-order chi connectivity index (χ1) is 14.3. The predicted octanol–water partition coefficient (Wildman–Crippen LogP) is 6.88. The van der Waals surface area contributed by atoms with E-state index in [0.29, 0.717) is 5.75 Å². The Bertz CT molecular complexity index is 1290. The van der Waals surface area contributed by atoms with Crippen molar-refractivity contribution in [2.24, 2.45) is 0 Å². The second kappa shape index (κ2) is 7.44. The van der Waals surface area contributed by atoms with Gasteiger partial charge in [-0.3, -0.25) is 0 Å². The standard InChI is InChI=1S/C28H22O/c29-28-19-24-17-22-13-7-8-14-23(22)18-25(24)26(15-20-9-3-1-4-10-20)27(28)16-21-11-5-2-6-12-21/h1-14,17-19,29H,15-16H2. The minimum atomic E-state index is 0.377.